The first-order valence-electron chi connectivity index (χ1n) is 7.97. The number of aromatic amines is 1. The summed E-state index contributed by atoms with van der Waals surface area (Å²) in [4.78, 5) is 26.2. The van der Waals surface area contributed by atoms with Crippen molar-refractivity contribution in [2.24, 2.45) is 5.10 Å². The Kier molecular flexibility index (Phi) is 3.76. The fraction of sp³-hybridized carbons (Fsp3) is 0.235. The molecule has 1 aromatic heterocycles. The summed E-state index contributed by atoms with van der Waals surface area (Å²) < 4.78 is 11.7. The number of rotatable bonds is 4. The molecule has 1 aromatic carbocycles. The van der Waals surface area contributed by atoms with E-state index in [9.17, 15) is 14.7 Å². The Morgan fingerprint density at radius 2 is 2.15 bits per heavy atom. The van der Waals surface area contributed by atoms with Gasteiger partial charge in [-0.25, -0.2) is 4.79 Å². The molecule has 9 nitrogen and oxygen atoms in total. The normalized spacial score (nSPS) is 17.7. The molecule has 2 aliphatic heterocycles. The topological polar surface area (TPSA) is 118 Å². The van der Waals surface area contributed by atoms with Crippen molar-refractivity contribution in [2.75, 3.05) is 6.79 Å². The van der Waals surface area contributed by atoms with Gasteiger partial charge in [0.15, 0.2) is 11.5 Å². The van der Waals surface area contributed by atoms with E-state index < -0.39 is 17.1 Å². The largest absolute Gasteiger partial charge is 0.494 e. The molecule has 1 atom stereocenters. The molecule has 2 aliphatic rings. The zero-order valence-electron chi connectivity index (χ0n) is 13.7. The molecule has 3 N–H and O–H groups in total. The Morgan fingerprint density at radius 3 is 2.96 bits per heavy atom. The second kappa shape index (κ2) is 6.10. The van der Waals surface area contributed by atoms with Gasteiger partial charge >= 0.3 is 5.69 Å². The Bertz CT molecular complexity index is 1040. The molecule has 0 amide bonds. The van der Waals surface area contributed by atoms with E-state index in [1.807, 2.05) is 18.2 Å². The first kappa shape index (κ1) is 16.0. The van der Waals surface area contributed by atoms with Gasteiger partial charge < -0.3 is 20.0 Å². The van der Waals surface area contributed by atoms with Crippen molar-refractivity contribution in [1.82, 2.24) is 15.0 Å². The molecule has 134 valence electrons. The number of aromatic nitrogens is 2. The van der Waals surface area contributed by atoms with Crippen LogP contribution in [-0.2, 0) is 6.54 Å². The molecule has 0 bridgehead atoms. The smallest absolute Gasteiger partial charge is 0.331 e. The first-order chi connectivity index (χ1) is 12.6. The number of benzene rings is 1. The molecule has 1 unspecified atom stereocenters. The van der Waals surface area contributed by atoms with Gasteiger partial charge in [0.1, 0.15) is 5.56 Å². The first-order valence-corrected chi connectivity index (χ1v) is 7.97. The fourth-order valence-electron chi connectivity index (χ4n) is 3.04. The van der Waals surface area contributed by atoms with E-state index in [2.05, 4.69) is 22.1 Å². The average Bonchev–Trinajstić information content (AvgIpc) is 3.27. The lowest BCUT2D eigenvalue weighted by molar-refractivity contribution is 0.174. The second-order valence-corrected chi connectivity index (χ2v) is 5.91. The number of fused-ring (bicyclic) bond motifs is 1. The molecule has 0 saturated heterocycles. The number of nitrogens with zero attached hydrogens (tertiary/aromatic N) is 2. The number of hydrogen-bond donors (Lipinski definition) is 3. The van der Waals surface area contributed by atoms with Gasteiger partial charge in [0, 0.05) is 13.0 Å². The molecule has 3 heterocycles. The van der Waals surface area contributed by atoms with Gasteiger partial charge in [-0.15, -0.1) is 6.58 Å². The van der Waals surface area contributed by atoms with Crippen LogP contribution in [0.25, 0.3) is 0 Å². The Balaban J connectivity index is 1.65. The van der Waals surface area contributed by atoms with E-state index in [-0.39, 0.29) is 24.9 Å². The highest BCUT2D eigenvalue weighted by Gasteiger charge is 2.28. The summed E-state index contributed by atoms with van der Waals surface area (Å²) in [5.41, 5.74) is 2.82. The van der Waals surface area contributed by atoms with E-state index in [1.54, 1.807) is 0 Å². The third-order valence-electron chi connectivity index (χ3n) is 4.32. The molecule has 0 fully saturated rings. The standard InChI is InChI=1S/C17H16N4O5/c1-2-5-21-16(23)14(15(22)18-17(21)24)11-7-10(19-20-11)9-3-4-12-13(6-9)26-8-25-12/h2-4,6,10,19,23H,1,5,7-8H2,(H,18,22,24). The van der Waals surface area contributed by atoms with Crippen molar-refractivity contribution in [3.63, 3.8) is 0 Å². The fourth-order valence-corrected chi connectivity index (χ4v) is 3.04. The number of hydrogen-bond acceptors (Lipinski definition) is 7. The average molecular weight is 356 g/mol. The minimum atomic E-state index is -0.699. The molecule has 0 saturated carbocycles. The summed E-state index contributed by atoms with van der Waals surface area (Å²) >= 11 is 0. The monoisotopic (exact) mass is 356 g/mol. The van der Waals surface area contributed by atoms with Crippen LogP contribution in [0.4, 0.5) is 0 Å². The predicted octanol–water partition coefficient (Wildman–Crippen LogP) is 0.596. The van der Waals surface area contributed by atoms with Gasteiger partial charge in [0.2, 0.25) is 12.7 Å². The number of aromatic hydroxyl groups is 1. The molecule has 0 radical (unpaired) electrons. The van der Waals surface area contributed by atoms with Crippen molar-refractivity contribution in [3.05, 3.63) is 62.8 Å². The molecular weight excluding hydrogens is 340 g/mol. The zero-order chi connectivity index (χ0) is 18.3. The quantitative estimate of drug-likeness (QED) is 0.691. The van der Waals surface area contributed by atoms with E-state index in [0.29, 0.717) is 23.6 Å². The van der Waals surface area contributed by atoms with Crippen molar-refractivity contribution in [1.29, 1.82) is 0 Å². The minimum Gasteiger partial charge on any atom is -0.494 e. The molecule has 2 aromatic rings. The van der Waals surface area contributed by atoms with Crippen LogP contribution in [0.1, 0.15) is 23.6 Å². The summed E-state index contributed by atoms with van der Waals surface area (Å²) in [6, 6.07) is 5.34. The number of ether oxygens (including phenoxy) is 2. The zero-order valence-corrected chi connectivity index (χ0v) is 13.7. The van der Waals surface area contributed by atoms with Crippen molar-refractivity contribution in [2.45, 2.75) is 19.0 Å². The van der Waals surface area contributed by atoms with Crippen molar-refractivity contribution < 1.29 is 14.6 Å². The maximum Gasteiger partial charge on any atom is 0.331 e. The van der Waals surface area contributed by atoms with Gasteiger partial charge in [-0.2, -0.15) is 5.10 Å². The van der Waals surface area contributed by atoms with Crippen molar-refractivity contribution >= 4 is 5.71 Å². The van der Waals surface area contributed by atoms with Crippen LogP contribution in [0, 0.1) is 0 Å². The van der Waals surface area contributed by atoms with Crippen LogP contribution in [0.2, 0.25) is 0 Å². The lowest BCUT2D eigenvalue weighted by atomic mass is 9.99. The molecule has 0 spiro atoms. The maximum absolute atomic E-state index is 12.2. The number of nitrogens with one attached hydrogen (secondary N) is 2. The number of hydrazone groups is 1. The van der Waals surface area contributed by atoms with Gasteiger partial charge in [0.25, 0.3) is 5.56 Å². The van der Waals surface area contributed by atoms with Gasteiger partial charge in [-0.1, -0.05) is 12.1 Å². The third kappa shape index (κ3) is 2.53. The van der Waals surface area contributed by atoms with Gasteiger partial charge in [0.05, 0.1) is 11.8 Å². The Morgan fingerprint density at radius 1 is 1.35 bits per heavy atom. The number of allylic oxidation sites excluding steroid dienone is 1. The van der Waals surface area contributed by atoms with E-state index >= 15 is 0 Å². The Hall–Kier alpha value is -3.49. The Labute approximate surface area is 147 Å². The number of H-pyrrole nitrogens is 1. The highest BCUT2D eigenvalue weighted by Crippen LogP contribution is 2.36. The summed E-state index contributed by atoms with van der Waals surface area (Å²) in [5, 5.41) is 14.6. The summed E-state index contributed by atoms with van der Waals surface area (Å²) in [7, 11) is 0. The molecule has 9 heteroatoms. The second-order valence-electron chi connectivity index (χ2n) is 5.91. The lowest BCUT2D eigenvalue weighted by Crippen LogP contribution is -2.33. The highest BCUT2D eigenvalue weighted by molar-refractivity contribution is 6.03. The van der Waals surface area contributed by atoms with Crippen LogP contribution in [0.5, 0.6) is 17.4 Å². The summed E-state index contributed by atoms with van der Waals surface area (Å²) in [6.45, 7) is 3.80. The van der Waals surface area contributed by atoms with Gasteiger partial charge in [-0.05, 0) is 17.7 Å². The molecular formula is C17H16N4O5. The van der Waals surface area contributed by atoms with Crippen LogP contribution in [-0.4, -0.2) is 27.2 Å². The summed E-state index contributed by atoms with van der Waals surface area (Å²) in [5.74, 6) is 0.905. The van der Waals surface area contributed by atoms with Gasteiger partial charge in [-0.3, -0.25) is 14.3 Å². The maximum atomic E-state index is 12.2. The molecule has 26 heavy (non-hydrogen) atoms. The van der Waals surface area contributed by atoms with E-state index in [4.69, 9.17) is 9.47 Å². The predicted molar refractivity (Wildman–Crippen MR) is 92.8 cm³/mol. The van der Waals surface area contributed by atoms with E-state index in [1.165, 1.54) is 6.08 Å². The SMILES string of the molecule is C=CCn1c(O)c(C2=NNC(c3ccc4c(c3)OCO4)C2)c(=O)[nH]c1=O. The third-order valence-corrected chi connectivity index (χ3v) is 4.32. The van der Waals surface area contributed by atoms with Crippen molar-refractivity contribution in [3.8, 4) is 17.4 Å². The van der Waals surface area contributed by atoms with Crippen LogP contribution in [0.3, 0.4) is 0 Å². The molecule has 0 aliphatic carbocycles. The highest BCUT2D eigenvalue weighted by atomic mass is 16.7. The van der Waals surface area contributed by atoms with E-state index in [0.717, 1.165) is 10.1 Å². The molecule has 4 rings (SSSR count). The lowest BCUT2D eigenvalue weighted by Gasteiger charge is -2.11. The van der Waals surface area contributed by atoms with Crippen LogP contribution < -0.4 is 26.1 Å². The summed E-state index contributed by atoms with van der Waals surface area (Å²) in [6.07, 6.45) is 1.82. The minimum absolute atomic E-state index is 0.0257. The van der Waals surface area contributed by atoms with Crippen LogP contribution >= 0.6 is 0 Å². The van der Waals surface area contributed by atoms with Crippen LogP contribution in [0.15, 0.2) is 45.5 Å².